The number of aryl methyl sites for hydroxylation is 1. The summed E-state index contributed by atoms with van der Waals surface area (Å²) in [7, 11) is 3.55. The van der Waals surface area contributed by atoms with Gasteiger partial charge in [-0.1, -0.05) is 66.7 Å². The Morgan fingerprint density at radius 3 is 2.50 bits per heavy atom. The summed E-state index contributed by atoms with van der Waals surface area (Å²) in [5.74, 6) is 1.25. The highest BCUT2D eigenvalue weighted by molar-refractivity contribution is 5.99. The van der Waals surface area contributed by atoms with Crippen molar-refractivity contribution in [1.82, 2.24) is 19.4 Å². The molecule has 5 aromatic rings. The van der Waals surface area contributed by atoms with E-state index in [0.29, 0.717) is 18.0 Å². The number of methoxy groups -OCH3 is 1. The summed E-state index contributed by atoms with van der Waals surface area (Å²) in [6.45, 7) is 0.596. The zero-order valence-corrected chi connectivity index (χ0v) is 19.2. The van der Waals surface area contributed by atoms with Crippen LogP contribution in [0.25, 0.3) is 10.9 Å². The van der Waals surface area contributed by atoms with Crippen LogP contribution in [0.2, 0.25) is 0 Å². The number of benzene rings is 3. The number of fused-ring (bicyclic) bond motifs is 1. The number of imidazole rings is 1. The van der Waals surface area contributed by atoms with Crippen molar-refractivity contribution in [2.45, 2.75) is 12.6 Å². The fourth-order valence-electron chi connectivity index (χ4n) is 4.38. The molecule has 170 valence electrons. The minimum absolute atomic E-state index is 0.175. The van der Waals surface area contributed by atoms with E-state index >= 15 is 0 Å². The second kappa shape index (κ2) is 9.27. The molecular formula is C28H26N4O2. The lowest BCUT2D eigenvalue weighted by Gasteiger charge is -2.22. The third-order valence-corrected chi connectivity index (χ3v) is 6.07. The molecule has 3 aromatic carbocycles. The molecule has 1 N–H and O–H groups in total. The molecule has 1 amide bonds. The quantitative estimate of drug-likeness (QED) is 0.382. The summed E-state index contributed by atoms with van der Waals surface area (Å²) in [4.78, 5) is 18.3. The van der Waals surface area contributed by atoms with Crippen LogP contribution >= 0.6 is 0 Å². The fourth-order valence-corrected chi connectivity index (χ4v) is 4.38. The monoisotopic (exact) mass is 450 g/mol. The Hall–Kier alpha value is -4.32. The number of nitrogens with one attached hydrogen (secondary N) is 1. The maximum Gasteiger partial charge on any atom is 0.268 e. The third kappa shape index (κ3) is 4.06. The number of para-hydroxylation sites is 2. The topological polar surface area (TPSA) is 61.1 Å². The summed E-state index contributed by atoms with van der Waals surface area (Å²) in [5.41, 5.74) is 3.59. The Morgan fingerprint density at radius 2 is 1.74 bits per heavy atom. The second-order valence-corrected chi connectivity index (χ2v) is 8.20. The van der Waals surface area contributed by atoms with E-state index in [1.165, 1.54) is 0 Å². The van der Waals surface area contributed by atoms with E-state index in [0.717, 1.165) is 27.9 Å². The molecule has 0 spiro atoms. The first kappa shape index (κ1) is 21.5. The Bertz CT molecular complexity index is 1440. The molecule has 0 saturated heterocycles. The molecule has 0 saturated carbocycles. The number of carbonyl (C=O) groups excluding carboxylic acids is 1. The second-order valence-electron chi connectivity index (χ2n) is 8.20. The number of rotatable bonds is 7. The molecule has 2 heterocycles. The van der Waals surface area contributed by atoms with Crippen molar-refractivity contribution in [2.24, 2.45) is 7.05 Å². The van der Waals surface area contributed by atoms with Gasteiger partial charge in [0.15, 0.2) is 0 Å². The maximum absolute atomic E-state index is 13.8. The van der Waals surface area contributed by atoms with Gasteiger partial charge in [0.05, 0.1) is 7.11 Å². The zero-order chi connectivity index (χ0) is 23.5. The smallest absolute Gasteiger partial charge is 0.268 e. The lowest BCUT2D eigenvalue weighted by Crippen LogP contribution is -2.32. The van der Waals surface area contributed by atoms with E-state index in [1.807, 2.05) is 90.6 Å². The van der Waals surface area contributed by atoms with Gasteiger partial charge in [0.25, 0.3) is 5.91 Å². The summed E-state index contributed by atoms with van der Waals surface area (Å²) in [6, 6.07) is 27.4. The highest BCUT2D eigenvalue weighted by Crippen LogP contribution is 2.30. The van der Waals surface area contributed by atoms with Crippen LogP contribution in [0.1, 0.15) is 33.5 Å². The van der Waals surface area contributed by atoms with Crippen LogP contribution in [0.4, 0.5) is 0 Å². The molecule has 34 heavy (non-hydrogen) atoms. The Labute approximate surface area is 198 Å². The van der Waals surface area contributed by atoms with Gasteiger partial charge in [-0.05, 0) is 23.8 Å². The molecule has 0 aliphatic heterocycles. The lowest BCUT2D eigenvalue weighted by molar-refractivity contribution is 0.0932. The van der Waals surface area contributed by atoms with Crippen molar-refractivity contribution in [3.8, 4) is 5.75 Å². The van der Waals surface area contributed by atoms with Gasteiger partial charge in [0.1, 0.15) is 23.3 Å². The van der Waals surface area contributed by atoms with E-state index in [-0.39, 0.29) is 5.91 Å². The van der Waals surface area contributed by atoms with E-state index < -0.39 is 6.04 Å². The highest BCUT2D eigenvalue weighted by Gasteiger charge is 2.26. The van der Waals surface area contributed by atoms with E-state index in [2.05, 4.69) is 27.0 Å². The first-order chi connectivity index (χ1) is 16.7. The van der Waals surface area contributed by atoms with E-state index in [9.17, 15) is 4.79 Å². The largest absolute Gasteiger partial charge is 0.496 e. The van der Waals surface area contributed by atoms with Crippen LogP contribution in [0.3, 0.4) is 0 Å². The number of hydrogen-bond donors (Lipinski definition) is 1. The van der Waals surface area contributed by atoms with Crippen molar-refractivity contribution < 1.29 is 9.53 Å². The number of amides is 1. The van der Waals surface area contributed by atoms with Crippen LogP contribution in [0, 0.1) is 0 Å². The van der Waals surface area contributed by atoms with Crippen molar-refractivity contribution in [3.63, 3.8) is 0 Å². The lowest BCUT2D eigenvalue weighted by atomic mass is 10.0. The molecule has 0 aliphatic rings. The van der Waals surface area contributed by atoms with Gasteiger partial charge in [-0.2, -0.15) is 0 Å². The first-order valence-corrected chi connectivity index (χ1v) is 11.2. The Balaban J connectivity index is 1.57. The van der Waals surface area contributed by atoms with Gasteiger partial charge in [-0.15, -0.1) is 0 Å². The van der Waals surface area contributed by atoms with Crippen molar-refractivity contribution in [2.75, 3.05) is 7.11 Å². The zero-order valence-electron chi connectivity index (χ0n) is 19.2. The maximum atomic E-state index is 13.8. The average Bonchev–Trinajstić information content (AvgIpc) is 3.47. The van der Waals surface area contributed by atoms with Crippen LogP contribution in [0.15, 0.2) is 97.3 Å². The Morgan fingerprint density at radius 1 is 1.00 bits per heavy atom. The minimum atomic E-state index is -0.480. The highest BCUT2D eigenvalue weighted by atomic mass is 16.5. The van der Waals surface area contributed by atoms with Gasteiger partial charge >= 0.3 is 0 Å². The standard InChI is InChI=1S/C28H26N4O2/c1-31-17-16-29-27(31)26(22-13-7-9-15-25(22)34-2)30-28(33)24-18-21-12-6-8-14-23(21)32(24)19-20-10-4-3-5-11-20/h3-18,26H,19H2,1-2H3,(H,30,33). The molecule has 0 fully saturated rings. The molecule has 6 heteroatoms. The van der Waals surface area contributed by atoms with Gasteiger partial charge < -0.3 is 19.2 Å². The fraction of sp³-hybridized carbons (Fsp3) is 0.143. The minimum Gasteiger partial charge on any atom is -0.496 e. The summed E-state index contributed by atoms with van der Waals surface area (Å²) in [5, 5.41) is 4.25. The van der Waals surface area contributed by atoms with E-state index in [1.54, 1.807) is 13.3 Å². The summed E-state index contributed by atoms with van der Waals surface area (Å²) in [6.07, 6.45) is 3.60. The van der Waals surface area contributed by atoms with Crippen molar-refractivity contribution in [3.05, 3.63) is 120 Å². The number of hydrogen-bond acceptors (Lipinski definition) is 3. The predicted molar refractivity (Wildman–Crippen MR) is 133 cm³/mol. The van der Waals surface area contributed by atoms with Crippen LogP contribution < -0.4 is 10.1 Å². The molecule has 5 rings (SSSR count). The number of nitrogens with zero attached hydrogens (tertiary/aromatic N) is 3. The van der Waals surface area contributed by atoms with Crippen LogP contribution in [0.5, 0.6) is 5.75 Å². The molecule has 1 unspecified atom stereocenters. The normalized spacial score (nSPS) is 11.9. The molecule has 1 atom stereocenters. The van der Waals surface area contributed by atoms with Gasteiger partial charge in [0, 0.05) is 42.5 Å². The number of ether oxygens (including phenoxy) is 1. The summed E-state index contributed by atoms with van der Waals surface area (Å²) >= 11 is 0. The van der Waals surface area contributed by atoms with Crippen LogP contribution in [-0.4, -0.2) is 27.1 Å². The van der Waals surface area contributed by atoms with Gasteiger partial charge in [-0.25, -0.2) is 4.98 Å². The van der Waals surface area contributed by atoms with Crippen molar-refractivity contribution >= 4 is 16.8 Å². The number of carbonyl (C=O) groups is 1. The summed E-state index contributed by atoms with van der Waals surface area (Å²) < 4.78 is 9.59. The molecular weight excluding hydrogens is 424 g/mol. The third-order valence-electron chi connectivity index (χ3n) is 6.07. The first-order valence-electron chi connectivity index (χ1n) is 11.2. The molecule has 6 nitrogen and oxygen atoms in total. The van der Waals surface area contributed by atoms with Gasteiger partial charge in [-0.3, -0.25) is 4.79 Å². The molecule has 0 radical (unpaired) electrons. The van der Waals surface area contributed by atoms with Crippen LogP contribution in [-0.2, 0) is 13.6 Å². The van der Waals surface area contributed by atoms with E-state index in [4.69, 9.17) is 4.74 Å². The molecule has 0 bridgehead atoms. The SMILES string of the molecule is COc1ccccc1C(NC(=O)c1cc2ccccc2n1Cc1ccccc1)c1nccn1C. The average molecular weight is 451 g/mol. The number of aromatic nitrogens is 3. The Kier molecular flexibility index (Phi) is 5.87. The molecule has 2 aromatic heterocycles. The predicted octanol–water partition coefficient (Wildman–Crippen LogP) is 4.95. The van der Waals surface area contributed by atoms with Gasteiger partial charge in [0.2, 0.25) is 0 Å². The molecule has 0 aliphatic carbocycles. The van der Waals surface area contributed by atoms with Crippen molar-refractivity contribution in [1.29, 1.82) is 0 Å².